The molecule has 0 radical (unpaired) electrons. The highest BCUT2D eigenvalue weighted by Crippen LogP contribution is 2.33. The highest BCUT2D eigenvalue weighted by molar-refractivity contribution is 4.93. The number of ether oxygens (including phenoxy) is 3. The lowest BCUT2D eigenvalue weighted by molar-refractivity contribution is -0.204. The minimum absolute atomic E-state index is 0.0247. The Morgan fingerprint density at radius 1 is 1.19 bits per heavy atom. The molecule has 3 heterocycles. The van der Waals surface area contributed by atoms with Gasteiger partial charge in [0, 0.05) is 6.42 Å². The number of hydrogen-bond donors (Lipinski definition) is 5. The number of aliphatic hydroxyl groups excluding tert-OH is 4. The topological polar surface area (TPSA) is 163 Å². The largest absolute Gasteiger partial charge is 0.394 e. The molecule has 0 saturated carbocycles. The van der Waals surface area contributed by atoms with Crippen molar-refractivity contribution >= 4 is 0 Å². The van der Waals surface area contributed by atoms with E-state index in [0.717, 1.165) is 4.57 Å². The van der Waals surface area contributed by atoms with Crippen molar-refractivity contribution in [1.29, 1.82) is 0 Å². The first kappa shape index (κ1) is 19.1. The van der Waals surface area contributed by atoms with Crippen molar-refractivity contribution in [1.82, 2.24) is 9.55 Å². The number of halogens is 1. The van der Waals surface area contributed by atoms with Crippen LogP contribution in [0.25, 0.3) is 0 Å². The maximum atomic E-state index is 13.4. The molecule has 146 valence electrons. The summed E-state index contributed by atoms with van der Waals surface area (Å²) in [6.07, 6.45) is -7.26. The predicted molar refractivity (Wildman–Crippen MR) is 79.5 cm³/mol. The minimum atomic E-state index is -1.43. The molecule has 2 aliphatic rings. The Bertz CT molecular complexity index is 753. The molecular weight excluding hydrogens is 359 g/mol. The van der Waals surface area contributed by atoms with Crippen LogP contribution >= 0.6 is 0 Å². The zero-order chi connectivity index (χ0) is 19.0. The summed E-state index contributed by atoms with van der Waals surface area (Å²) in [5.74, 6) is -1.18. The van der Waals surface area contributed by atoms with Crippen LogP contribution < -0.4 is 11.2 Å². The van der Waals surface area contributed by atoms with Gasteiger partial charge in [0.1, 0.15) is 30.6 Å². The molecule has 0 spiro atoms. The van der Waals surface area contributed by atoms with Crippen LogP contribution in [0.2, 0.25) is 0 Å². The smallest absolute Gasteiger partial charge is 0.330 e. The minimum Gasteiger partial charge on any atom is -0.394 e. The van der Waals surface area contributed by atoms with Crippen LogP contribution in [0, 0.1) is 5.82 Å². The van der Waals surface area contributed by atoms with Crippen LogP contribution in [-0.4, -0.2) is 80.0 Å². The second-order valence-electron chi connectivity index (χ2n) is 6.07. The van der Waals surface area contributed by atoms with Crippen LogP contribution in [0.1, 0.15) is 12.6 Å². The molecule has 3 rings (SSSR count). The second-order valence-corrected chi connectivity index (χ2v) is 6.07. The standard InChI is InChI=1S/C14H19FN2O9/c15-5-2-17(14(23)16-12(5)22)9-1-6(7(3-18)24-9)25-13-11(21)10(20)8(4-19)26-13/h2,6-11,13,18-21H,1,3-4H2,(H,16,22,23)/t6-,7+,8+,9+,10+,11+,13+/m0/s1. The van der Waals surface area contributed by atoms with Crippen molar-refractivity contribution in [3.8, 4) is 0 Å². The van der Waals surface area contributed by atoms with Crippen molar-refractivity contribution in [3.63, 3.8) is 0 Å². The molecule has 5 N–H and O–H groups in total. The van der Waals surface area contributed by atoms with Gasteiger partial charge in [-0.3, -0.25) is 14.3 Å². The Labute approximate surface area is 145 Å². The van der Waals surface area contributed by atoms with Gasteiger partial charge in [-0.2, -0.15) is 4.39 Å². The van der Waals surface area contributed by atoms with E-state index in [0.29, 0.717) is 6.20 Å². The Balaban J connectivity index is 1.75. The van der Waals surface area contributed by atoms with Gasteiger partial charge in [0.2, 0.25) is 5.82 Å². The molecule has 0 amide bonds. The molecule has 2 aliphatic heterocycles. The van der Waals surface area contributed by atoms with Crippen molar-refractivity contribution in [3.05, 3.63) is 32.9 Å². The predicted octanol–water partition coefficient (Wildman–Crippen LogP) is -3.22. The monoisotopic (exact) mass is 378 g/mol. The number of aromatic amines is 1. The zero-order valence-corrected chi connectivity index (χ0v) is 13.4. The van der Waals surface area contributed by atoms with E-state index in [9.17, 15) is 29.3 Å². The first-order chi connectivity index (χ1) is 12.3. The Morgan fingerprint density at radius 3 is 2.50 bits per heavy atom. The van der Waals surface area contributed by atoms with Crippen molar-refractivity contribution < 1.29 is 39.0 Å². The van der Waals surface area contributed by atoms with E-state index in [1.54, 1.807) is 4.98 Å². The van der Waals surface area contributed by atoms with Gasteiger partial charge in [0.25, 0.3) is 5.56 Å². The number of nitrogens with zero attached hydrogens (tertiary/aromatic N) is 1. The van der Waals surface area contributed by atoms with Crippen LogP contribution in [0.5, 0.6) is 0 Å². The van der Waals surface area contributed by atoms with Gasteiger partial charge >= 0.3 is 5.69 Å². The van der Waals surface area contributed by atoms with E-state index in [2.05, 4.69) is 0 Å². The second kappa shape index (κ2) is 7.52. The summed E-state index contributed by atoms with van der Waals surface area (Å²) < 4.78 is 30.5. The molecule has 12 heteroatoms. The normalized spacial score (nSPS) is 37.3. The van der Waals surface area contributed by atoms with Gasteiger partial charge in [0.15, 0.2) is 6.29 Å². The van der Waals surface area contributed by atoms with Gasteiger partial charge in [-0.25, -0.2) is 4.79 Å². The molecule has 1 aromatic rings. The molecule has 2 fully saturated rings. The van der Waals surface area contributed by atoms with Crippen molar-refractivity contribution in [2.24, 2.45) is 0 Å². The third kappa shape index (κ3) is 3.44. The quantitative estimate of drug-likeness (QED) is 0.355. The molecule has 7 atom stereocenters. The lowest BCUT2D eigenvalue weighted by Crippen LogP contribution is -2.38. The zero-order valence-electron chi connectivity index (χ0n) is 13.4. The summed E-state index contributed by atoms with van der Waals surface area (Å²) in [6.45, 7) is -1.03. The molecule has 26 heavy (non-hydrogen) atoms. The van der Waals surface area contributed by atoms with Crippen LogP contribution in [0.4, 0.5) is 4.39 Å². The molecule has 1 aromatic heterocycles. The lowest BCUT2D eigenvalue weighted by Gasteiger charge is -2.22. The third-order valence-electron chi connectivity index (χ3n) is 4.40. The van der Waals surface area contributed by atoms with Crippen molar-refractivity contribution in [2.45, 2.75) is 49.5 Å². The van der Waals surface area contributed by atoms with Gasteiger partial charge in [-0.15, -0.1) is 0 Å². The molecule has 0 bridgehead atoms. The summed E-state index contributed by atoms with van der Waals surface area (Å²) in [5, 5.41) is 38.2. The van der Waals surface area contributed by atoms with Gasteiger partial charge in [-0.05, 0) is 0 Å². The van der Waals surface area contributed by atoms with Crippen LogP contribution in [-0.2, 0) is 14.2 Å². The first-order valence-electron chi connectivity index (χ1n) is 7.91. The Morgan fingerprint density at radius 2 is 1.88 bits per heavy atom. The van der Waals surface area contributed by atoms with E-state index in [1.807, 2.05) is 0 Å². The molecule has 0 unspecified atom stereocenters. The fourth-order valence-electron chi connectivity index (χ4n) is 3.00. The summed E-state index contributed by atoms with van der Waals surface area (Å²) >= 11 is 0. The summed E-state index contributed by atoms with van der Waals surface area (Å²) in [4.78, 5) is 24.7. The highest BCUT2D eigenvalue weighted by atomic mass is 19.1. The number of rotatable bonds is 5. The van der Waals surface area contributed by atoms with Crippen LogP contribution in [0.3, 0.4) is 0 Å². The molecule has 0 aromatic carbocycles. The van der Waals surface area contributed by atoms with E-state index in [1.165, 1.54) is 0 Å². The molecular formula is C14H19FN2O9. The lowest BCUT2D eigenvalue weighted by atomic mass is 10.1. The average molecular weight is 378 g/mol. The Kier molecular flexibility index (Phi) is 5.53. The van der Waals surface area contributed by atoms with E-state index >= 15 is 0 Å². The number of hydrogen-bond acceptors (Lipinski definition) is 9. The number of H-pyrrole nitrogens is 1. The number of aliphatic hydroxyl groups is 4. The van der Waals surface area contributed by atoms with Crippen LogP contribution in [0.15, 0.2) is 15.8 Å². The summed E-state index contributed by atoms with van der Waals surface area (Å²) in [7, 11) is 0. The number of aromatic nitrogens is 2. The van der Waals surface area contributed by atoms with Gasteiger partial charge < -0.3 is 34.6 Å². The van der Waals surface area contributed by atoms with E-state index in [-0.39, 0.29) is 6.42 Å². The fraction of sp³-hybridized carbons (Fsp3) is 0.714. The average Bonchev–Trinajstić information content (AvgIpc) is 3.14. The fourth-order valence-corrected chi connectivity index (χ4v) is 3.00. The highest BCUT2D eigenvalue weighted by Gasteiger charge is 2.47. The molecule has 11 nitrogen and oxygen atoms in total. The maximum absolute atomic E-state index is 13.4. The SMILES string of the molecule is O=c1[nH]c(=O)n([C@H]2C[C@H](O[C@@H]3O[C@H](CO)[C@@H](O)[C@H]3O)[C@@H](CO)O2)cc1F. The Hall–Kier alpha value is -1.67. The van der Waals surface area contributed by atoms with Gasteiger partial charge in [-0.1, -0.05) is 0 Å². The summed E-state index contributed by atoms with van der Waals surface area (Å²) in [5.41, 5.74) is -2.06. The third-order valence-corrected chi connectivity index (χ3v) is 4.40. The number of nitrogens with one attached hydrogen (secondary N) is 1. The summed E-state index contributed by atoms with van der Waals surface area (Å²) in [6, 6.07) is 0. The van der Waals surface area contributed by atoms with Gasteiger partial charge in [0.05, 0.1) is 25.5 Å². The first-order valence-corrected chi connectivity index (χ1v) is 7.91. The van der Waals surface area contributed by atoms with E-state index in [4.69, 9.17) is 19.3 Å². The maximum Gasteiger partial charge on any atom is 0.330 e. The molecule has 0 aliphatic carbocycles. The molecule has 2 saturated heterocycles. The van der Waals surface area contributed by atoms with Crippen molar-refractivity contribution in [2.75, 3.05) is 13.2 Å². The van der Waals surface area contributed by atoms with E-state index < -0.39 is 73.3 Å².